The van der Waals surface area contributed by atoms with Crippen LogP contribution in [0.15, 0.2) is 18.5 Å². The lowest BCUT2D eigenvalue weighted by Gasteiger charge is -2.42. The Morgan fingerprint density at radius 2 is 2.02 bits per heavy atom. The van der Waals surface area contributed by atoms with Crippen molar-refractivity contribution in [3.8, 4) is 12.1 Å². The van der Waals surface area contributed by atoms with Gasteiger partial charge >= 0.3 is 12.2 Å². The second-order valence-corrected chi connectivity index (χ2v) is 11.3. The van der Waals surface area contributed by atoms with Gasteiger partial charge in [-0.25, -0.2) is 9.37 Å². The van der Waals surface area contributed by atoms with Crippen molar-refractivity contribution < 1.29 is 31.8 Å². The highest BCUT2D eigenvalue weighted by molar-refractivity contribution is 5.91. The first-order valence-corrected chi connectivity index (χ1v) is 14.3. The molecule has 0 radical (unpaired) electrons. The first-order chi connectivity index (χ1) is 20.9. The minimum absolute atomic E-state index is 0.0503. The number of likely N-dealkylation sites (N-methyl/N-ethyl adjacent to an activating group) is 1. The summed E-state index contributed by atoms with van der Waals surface area (Å²) in [6, 6.07) is 2.78. The molecule has 1 unspecified atom stereocenters. The van der Waals surface area contributed by atoms with Crippen LogP contribution in [0, 0.1) is 18.3 Å². The molecule has 44 heavy (non-hydrogen) atoms. The van der Waals surface area contributed by atoms with E-state index in [1.165, 1.54) is 17.9 Å². The number of aryl methyl sites for hydroxylation is 1. The fourth-order valence-electron chi connectivity index (χ4n) is 6.17. The lowest BCUT2D eigenvalue weighted by atomic mass is 9.96. The number of halogens is 4. The van der Waals surface area contributed by atoms with E-state index in [9.17, 15) is 27.6 Å². The molecule has 3 atom stereocenters. The van der Waals surface area contributed by atoms with Crippen LogP contribution in [0.2, 0.25) is 0 Å². The normalized spacial score (nSPS) is 22.4. The standard InChI is InChI=1S/C29H34F4N8O3/c1-16-11-23(35)37-25(24(16)29(31,32)33)22-12-21-20(15-43-22)26(38-28(36-21)44-14-19-5-4-8-39(19)3)40-9-10-41(27(42)17(2)30)18(13-40)6-7-34/h11,18-19,22H,2,4-6,8-10,12-15H2,1,3H3,(H2,35,37)/t18-,19+,22?/m1/s1. The van der Waals surface area contributed by atoms with Gasteiger partial charge in [0, 0.05) is 37.7 Å². The monoisotopic (exact) mass is 618 g/mol. The van der Waals surface area contributed by atoms with Gasteiger partial charge < -0.3 is 29.9 Å². The van der Waals surface area contributed by atoms with E-state index < -0.39 is 35.6 Å². The molecule has 0 aromatic carbocycles. The maximum atomic E-state index is 14.1. The highest BCUT2D eigenvalue weighted by Crippen LogP contribution is 2.42. The van der Waals surface area contributed by atoms with Crippen LogP contribution in [0.4, 0.5) is 29.2 Å². The molecule has 0 bridgehead atoms. The molecule has 2 saturated heterocycles. The third-order valence-electron chi connectivity index (χ3n) is 8.39. The van der Waals surface area contributed by atoms with Gasteiger partial charge in [-0.15, -0.1) is 0 Å². The number of aromatic nitrogens is 3. The molecule has 0 saturated carbocycles. The summed E-state index contributed by atoms with van der Waals surface area (Å²) >= 11 is 0. The predicted molar refractivity (Wildman–Crippen MR) is 151 cm³/mol. The highest BCUT2D eigenvalue weighted by Gasteiger charge is 2.41. The van der Waals surface area contributed by atoms with Gasteiger partial charge in [0.2, 0.25) is 0 Å². The quantitative estimate of drug-likeness (QED) is 0.363. The van der Waals surface area contributed by atoms with E-state index in [2.05, 4.69) is 26.4 Å². The van der Waals surface area contributed by atoms with Crippen molar-refractivity contribution in [1.29, 1.82) is 5.26 Å². The Hall–Kier alpha value is -4.03. The van der Waals surface area contributed by atoms with Crippen LogP contribution >= 0.6 is 0 Å². The Kier molecular flexibility index (Phi) is 8.94. The number of nitriles is 1. The van der Waals surface area contributed by atoms with Crippen molar-refractivity contribution in [2.75, 3.05) is 50.5 Å². The molecule has 5 heterocycles. The molecular formula is C29H34F4N8O3. The predicted octanol–water partition coefficient (Wildman–Crippen LogP) is 3.48. The molecule has 2 fully saturated rings. The summed E-state index contributed by atoms with van der Waals surface area (Å²) in [5.41, 5.74) is 5.55. The van der Waals surface area contributed by atoms with Crippen LogP contribution in [-0.4, -0.2) is 82.6 Å². The number of fused-ring (bicyclic) bond motifs is 1. The SMILES string of the molecule is C=C(F)C(=O)N1CCN(c2nc(OC[C@@H]3CCCN3C)nc3c2COC(c2nc(N)cc(C)c2C(F)(F)F)C3)C[C@H]1CC#N. The molecule has 1 amide bonds. The molecule has 2 N–H and O–H groups in total. The summed E-state index contributed by atoms with van der Waals surface area (Å²) in [5, 5.41) is 9.41. The molecule has 11 nitrogen and oxygen atoms in total. The zero-order valence-corrected chi connectivity index (χ0v) is 24.5. The third kappa shape index (κ3) is 6.41. The van der Waals surface area contributed by atoms with E-state index >= 15 is 0 Å². The zero-order valence-electron chi connectivity index (χ0n) is 24.5. The second-order valence-electron chi connectivity index (χ2n) is 11.3. The lowest BCUT2D eigenvalue weighted by Crippen LogP contribution is -2.55. The number of anilines is 2. The Labute approximate surface area is 252 Å². The van der Waals surface area contributed by atoms with Gasteiger partial charge in [-0.3, -0.25) is 4.79 Å². The first kappa shape index (κ1) is 31.4. The zero-order chi connectivity index (χ0) is 31.8. The number of hydrogen-bond acceptors (Lipinski definition) is 10. The topological polar surface area (TPSA) is 134 Å². The van der Waals surface area contributed by atoms with Gasteiger partial charge in [0.1, 0.15) is 24.3 Å². The number of hydrogen-bond donors (Lipinski definition) is 1. The Morgan fingerprint density at radius 1 is 1.25 bits per heavy atom. The molecule has 0 spiro atoms. The molecular weight excluding hydrogens is 584 g/mol. The number of amides is 1. The molecule has 3 aliphatic rings. The summed E-state index contributed by atoms with van der Waals surface area (Å²) in [7, 11) is 2.00. The van der Waals surface area contributed by atoms with Crippen molar-refractivity contribution in [3.05, 3.63) is 46.6 Å². The van der Waals surface area contributed by atoms with Gasteiger partial charge in [0.25, 0.3) is 5.91 Å². The number of carbonyl (C=O) groups is 1. The molecule has 236 valence electrons. The van der Waals surface area contributed by atoms with Gasteiger partial charge in [-0.1, -0.05) is 6.58 Å². The average Bonchev–Trinajstić information content (AvgIpc) is 3.38. The fraction of sp³-hybridized carbons (Fsp3) is 0.552. The van der Waals surface area contributed by atoms with Gasteiger partial charge in [-0.05, 0) is 45.0 Å². The van der Waals surface area contributed by atoms with Crippen LogP contribution in [0.5, 0.6) is 6.01 Å². The van der Waals surface area contributed by atoms with E-state index in [0.717, 1.165) is 19.4 Å². The number of nitrogen functional groups attached to an aromatic ring is 1. The van der Waals surface area contributed by atoms with E-state index in [4.69, 9.17) is 15.2 Å². The molecule has 0 aliphatic carbocycles. The van der Waals surface area contributed by atoms with E-state index in [0.29, 0.717) is 23.7 Å². The molecule has 3 aliphatic heterocycles. The maximum absolute atomic E-state index is 14.1. The number of alkyl halides is 3. The Morgan fingerprint density at radius 3 is 2.68 bits per heavy atom. The van der Waals surface area contributed by atoms with Crippen LogP contribution < -0.4 is 15.4 Å². The first-order valence-electron chi connectivity index (χ1n) is 14.3. The summed E-state index contributed by atoms with van der Waals surface area (Å²) in [6.07, 6.45) is -3.90. The third-order valence-corrected chi connectivity index (χ3v) is 8.39. The number of carbonyl (C=O) groups excluding carboxylic acids is 1. The molecule has 5 rings (SSSR count). The smallest absolute Gasteiger partial charge is 0.418 e. The van der Waals surface area contributed by atoms with Crippen molar-refractivity contribution in [3.63, 3.8) is 0 Å². The summed E-state index contributed by atoms with van der Waals surface area (Å²) in [4.78, 5) is 31.1. The largest absolute Gasteiger partial charge is 0.462 e. The minimum Gasteiger partial charge on any atom is -0.462 e. The Balaban J connectivity index is 1.50. The summed E-state index contributed by atoms with van der Waals surface area (Å²) in [6.45, 7) is 6.05. The number of ether oxygens (including phenoxy) is 2. The Bertz CT molecular complexity index is 1480. The van der Waals surface area contributed by atoms with Gasteiger partial charge in [-0.2, -0.15) is 28.4 Å². The van der Waals surface area contributed by atoms with Crippen molar-refractivity contribution in [2.24, 2.45) is 0 Å². The van der Waals surface area contributed by atoms with Crippen molar-refractivity contribution >= 4 is 17.5 Å². The molecule has 2 aromatic heterocycles. The van der Waals surface area contributed by atoms with Crippen LogP contribution in [0.3, 0.4) is 0 Å². The second kappa shape index (κ2) is 12.5. The van der Waals surface area contributed by atoms with Crippen LogP contribution in [0.25, 0.3) is 0 Å². The number of rotatable bonds is 7. The van der Waals surface area contributed by atoms with E-state index in [-0.39, 0.29) is 68.2 Å². The highest BCUT2D eigenvalue weighted by atomic mass is 19.4. The summed E-state index contributed by atoms with van der Waals surface area (Å²) < 4.78 is 68.1. The number of nitrogens with two attached hydrogens (primary N) is 1. The van der Waals surface area contributed by atoms with Crippen molar-refractivity contribution in [2.45, 2.75) is 63.6 Å². The number of piperazine rings is 1. The van der Waals surface area contributed by atoms with Gasteiger partial charge in [0.15, 0.2) is 5.83 Å². The minimum atomic E-state index is -4.68. The number of likely N-dealkylation sites (tertiary alicyclic amines) is 1. The molecule has 15 heteroatoms. The molecule has 2 aromatic rings. The van der Waals surface area contributed by atoms with Crippen LogP contribution in [-0.2, 0) is 28.7 Å². The van der Waals surface area contributed by atoms with Crippen LogP contribution in [0.1, 0.15) is 53.4 Å². The summed E-state index contributed by atoms with van der Waals surface area (Å²) in [5.74, 6) is -1.63. The fourth-order valence-corrected chi connectivity index (χ4v) is 6.17. The van der Waals surface area contributed by atoms with E-state index in [1.54, 1.807) is 0 Å². The number of nitrogens with zero attached hydrogens (tertiary/aromatic N) is 7. The number of pyridine rings is 1. The van der Waals surface area contributed by atoms with Gasteiger partial charge in [0.05, 0.1) is 42.1 Å². The average molecular weight is 619 g/mol. The van der Waals surface area contributed by atoms with Crippen molar-refractivity contribution in [1.82, 2.24) is 24.8 Å². The van der Waals surface area contributed by atoms with E-state index in [1.807, 2.05) is 18.0 Å². The lowest BCUT2D eigenvalue weighted by molar-refractivity contribution is -0.140. The maximum Gasteiger partial charge on any atom is 0.418 e.